The fourth-order valence-electron chi connectivity index (χ4n) is 5.16. The second-order valence-corrected chi connectivity index (χ2v) is 11.1. The Morgan fingerprint density at radius 1 is 0.820 bits per heavy atom. The number of phenolic OH excluding ortho intramolecular Hbond substituents is 1. The number of fused-ring (bicyclic) bond motifs is 2. The summed E-state index contributed by atoms with van der Waals surface area (Å²) in [4.78, 5) is 52.2. The average molecular weight is 690 g/mol. The number of hydrogen-bond donors (Lipinski definition) is 4. The summed E-state index contributed by atoms with van der Waals surface area (Å²) in [5, 5.41) is 29.6. The molecule has 4 N–H and O–H groups in total. The largest absolute Gasteiger partial charge is 0.508 e. The highest BCUT2D eigenvalue weighted by atomic mass is 16.5. The van der Waals surface area contributed by atoms with E-state index in [0.717, 1.165) is 0 Å². The Kier molecular flexibility index (Phi) is 14.6. The van der Waals surface area contributed by atoms with Crippen LogP contribution in [0.2, 0.25) is 0 Å². The van der Waals surface area contributed by atoms with E-state index in [4.69, 9.17) is 24.2 Å². The van der Waals surface area contributed by atoms with Gasteiger partial charge < -0.3 is 39.5 Å². The second-order valence-electron chi connectivity index (χ2n) is 11.1. The highest BCUT2D eigenvalue weighted by Gasteiger charge is 2.23. The van der Waals surface area contributed by atoms with Crippen molar-refractivity contribution in [2.24, 2.45) is 5.11 Å². The maximum atomic E-state index is 13.1. The maximum absolute atomic E-state index is 13.1. The van der Waals surface area contributed by atoms with Crippen LogP contribution in [0.5, 0.6) is 5.75 Å². The third-order valence-electron chi connectivity index (χ3n) is 7.54. The van der Waals surface area contributed by atoms with Crippen molar-refractivity contribution in [2.45, 2.75) is 25.7 Å². The first kappa shape index (κ1) is 37.4. The number of aromatic carboxylic acids is 1. The van der Waals surface area contributed by atoms with E-state index >= 15 is 0 Å². The fraction of sp³-hybridized carbons (Fsp3) is 0.371. The standard InChI is InChI=1S/C35H39N5O10/c36-40-39-13-15-48-17-19-49-18-16-47-14-12-37-32(43)4-2-1-3-11-38-34(44)23-5-8-26(35(45)46)29(20-23)33-27-9-6-24(41)21-30(27)50-31-22-25(42)7-10-28(31)33/h5-10,20-22,41H,1-4,11-19H2,(H,37,43)(H,38,44)(H,45,46). The lowest BCUT2D eigenvalue weighted by atomic mass is 9.89. The molecule has 0 saturated heterocycles. The van der Waals surface area contributed by atoms with E-state index in [1.165, 1.54) is 42.5 Å². The van der Waals surface area contributed by atoms with E-state index in [1.807, 2.05) is 0 Å². The number of carboxylic acids is 1. The van der Waals surface area contributed by atoms with Crippen LogP contribution in [0.4, 0.5) is 0 Å². The highest BCUT2D eigenvalue weighted by Crippen LogP contribution is 2.42. The van der Waals surface area contributed by atoms with Gasteiger partial charge in [-0.15, -0.1) is 0 Å². The highest BCUT2D eigenvalue weighted by molar-refractivity contribution is 6.09. The zero-order valence-electron chi connectivity index (χ0n) is 27.4. The first-order valence-corrected chi connectivity index (χ1v) is 16.1. The van der Waals surface area contributed by atoms with Gasteiger partial charge in [0.05, 0.1) is 45.2 Å². The van der Waals surface area contributed by atoms with Crippen LogP contribution in [0, 0.1) is 0 Å². The number of rotatable bonds is 21. The summed E-state index contributed by atoms with van der Waals surface area (Å²) in [5.74, 6) is -1.54. The molecule has 0 bridgehead atoms. The van der Waals surface area contributed by atoms with Gasteiger partial charge in [-0.25, -0.2) is 4.79 Å². The Labute approximate surface area is 287 Å². The molecule has 1 aliphatic heterocycles. The molecule has 1 aliphatic carbocycles. The summed E-state index contributed by atoms with van der Waals surface area (Å²) in [7, 11) is 0. The molecular weight excluding hydrogens is 650 g/mol. The van der Waals surface area contributed by atoms with Crippen LogP contribution >= 0.6 is 0 Å². The third-order valence-corrected chi connectivity index (χ3v) is 7.54. The lowest BCUT2D eigenvalue weighted by Crippen LogP contribution is -2.27. The van der Waals surface area contributed by atoms with Crippen molar-refractivity contribution >= 4 is 28.8 Å². The molecule has 2 aromatic rings. The number of aromatic hydroxyl groups is 1. The molecule has 0 aromatic heterocycles. The number of carbonyl (C=O) groups excluding carboxylic acids is 2. The van der Waals surface area contributed by atoms with Gasteiger partial charge in [-0.05, 0) is 66.4 Å². The molecule has 15 heteroatoms. The smallest absolute Gasteiger partial charge is 0.336 e. The number of azide groups is 1. The average Bonchev–Trinajstić information content (AvgIpc) is 3.10. The monoisotopic (exact) mass is 689 g/mol. The topological polar surface area (TPSA) is 222 Å². The van der Waals surface area contributed by atoms with Crippen LogP contribution in [0.3, 0.4) is 0 Å². The van der Waals surface area contributed by atoms with Gasteiger partial charge in [0.15, 0.2) is 5.43 Å². The zero-order chi connectivity index (χ0) is 35.7. The van der Waals surface area contributed by atoms with E-state index in [9.17, 15) is 29.4 Å². The molecule has 15 nitrogen and oxygen atoms in total. The summed E-state index contributed by atoms with van der Waals surface area (Å²) in [5.41, 5.74) is 9.49. The Balaban J connectivity index is 1.21. The van der Waals surface area contributed by atoms with E-state index in [-0.39, 0.29) is 51.7 Å². The summed E-state index contributed by atoms with van der Waals surface area (Å²) in [6.45, 7) is 3.31. The van der Waals surface area contributed by atoms with Gasteiger partial charge in [0.25, 0.3) is 5.91 Å². The number of carbonyl (C=O) groups is 3. The van der Waals surface area contributed by atoms with E-state index in [1.54, 1.807) is 12.1 Å². The van der Waals surface area contributed by atoms with E-state index < -0.39 is 11.9 Å². The summed E-state index contributed by atoms with van der Waals surface area (Å²) in [6.07, 6.45) is 2.32. The predicted molar refractivity (Wildman–Crippen MR) is 183 cm³/mol. The Morgan fingerprint density at radius 2 is 1.58 bits per heavy atom. The number of unbranched alkanes of at least 4 members (excludes halogenated alkanes) is 2. The number of ether oxygens (including phenoxy) is 3. The summed E-state index contributed by atoms with van der Waals surface area (Å²) >= 11 is 0. The van der Waals surface area contributed by atoms with Gasteiger partial charge in [0.1, 0.15) is 17.1 Å². The molecule has 4 rings (SSSR count). The number of nitrogens with zero attached hydrogens (tertiary/aromatic N) is 3. The van der Waals surface area contributed by atoms with Gasteiger partial charge >= 0.3 is 5.97 Å². The molecule has 1 heterocycles. The molecular formula is C35H39N5O10. The van der Waals surface area contributed by atoms with E-state index in [0.29, 0.717) is 94.9 Å². The SMILES string of the molecule is [N-]=[N+]=NCCOCCOCCOCCNC(=O)CCCCCNC(=O)c1ccc(C(=O)O)c(-c2c3ccc(=O)cc-3oc3cc(O)ccc23)c1. The minimum absolute atomic E-state index is 0.0492. The number of nitrogens with one attached hydrogen (secondary N) is 2. The number of benzene rings is 3. The lowest BCUT2D eigenvalue weighted by molar-refractivity contribution is -0.121. The number of amides is 2. The summed E-state index contributed by atoms with van der Waals surface area (Å²) < 4.78 is 21.9. The Hall–Kier alpha value is -5.47. The zero-order valence-corrected chi connectivity index (χ0v) is 27.4. The Bertz CT molecular complexity index is 1850. The van der Waals surface area contributed by atoms with Crippen LogP contribution in [0.15, 0.2) is 68.9 Å². The first-order chi connectivity index (χ1) is 24.3. The molecule has 2 amide bonds. The van der Waals surface area contributed by atoms with Crippen LogP contribution in [-0.2, 0) is 19.0 Å². The lowest BCUT2D eigenvalue weighted by Gasteiger charge is -2.17. The minimum Gasteiger partial charge on any atom is -0.508 e. The third kappa shape index (κ3) is 11.0. The van der Waals surface area contributed by atoms with Crippen molar-refractivity contribution < 1.29 is 43.2 Å². The molecule has 0 saturated carbocycles. The van der Waals surface area contributed by atoms with Crippen molar-refractivity contribution in [2.75, 3.05) is 59.3 Å². The molecule has 0 fully saturated rings. The van der Waals surface area contributed by atoms with Crippen LogP contribution in [0.25, 0.3) is 43.9 Å². The molecule has 2 aliphatic rings. The van der Waals surface area contributed by atoms with Crippen molar-refractivity contribution in [1.82, 2.24) is 10.6 Å². The van der Waals surface area contributed by atoms with Gasteiger partial charge in [-0.3, -0.25) is 14.4 Å². The maximum Gasteiger partial charge on any atom is 0.336 e. The molecule has 50 heavy (non-hydrogen) atoms. The molecule has 264 valence electrons. The first-order valence-electron chi connectivity index (χ1n) is 16.1. The molecule has 0 atom stereocenters. The Morgan fingerprint density at radius 3 is 2.34 bits per heavy atom. The van der Waals surface area contributed by atoms with Crippen LogP contribution in [-0.4, -0.2) is 87.3 Å². The van der Waals surface area contributed by atoms with Crippen molar-refractivity contribution in [3.05, 3.63) is 86.4 Å². The van der Waals surface area contributed by atoms with Gasteiger partial charge in [0.2, 0.25) is 5.91 Å². The molecule has 0 radical (unpaired) electrons. The number of carboxylic acid groups (broad SMARTS) is 1. The predicted octanol–water partition coefficient (Wildman–Crippen LogP) is 4.74. The fourth-order valence-corrected chi connectivity index (χ4v) is 5.16. The van der Waals surface area contributed by atoms with Gasteiger partial charge in [-0.1, -0.05) is 11.5 Å². The normalized spacial score (nSPS) is 11.0. The van der Waals surface area contributed by atoms with Gasteiger partial charge in [0, 0.05) is 65.2 Å². The molecule has 0 unspecified atom stereocenters. The van der Waals surface area contributed by atoms with Crippen molar-refractivity contribution in [3.8, 4) is 28.2 Å². The number of phenols is 1. The van der Waals surface area contributed by atoms with E-state index in [2.05, 4.69) is 20.7 Å². The molecule has 2 aromatic carbocycles. The quantitative estimate of drug-likeness (QED) is 0.0309. The van der Waals surface area contributed by atoms with Crippen LogP contribution in [0.1, 0.15) is 46.4 Å². The summed E-state index contributed by atoms with van der Waals surface area (Å²) in [6, 6.07) is 12.9. The van der Waals surface area contributed by atoms with Crippen molar-refractivity contribution in [3.63, 3.8) is 0 Å². The van der Waals surface area contributed by atoms with Gasteiger partial charge in [-0.2, -0.15) is 0 Å². The van der Waals surface area contributed by atoms with Crippen LogP contribution < -0.4 is 16.1 Å². The van der Waals surface area contributed by atoms with Crippen molar-refractivity contribution in [1.29, 1.82) is 0 Å². The molecule has 0 spiro atoms. The minimum atomic E-state index is -1.20. The second kappa shape index (κ2) is 19.5. The number of hydrogen-bond acceptors (Lipinski definition) is 10.